The molecule has 1 aromatic heterocycles. The van der Waals surface area contributed by atoms with Gasteiger partial charge >= 0.3 is 5.97 Å². The molecule has 0 amide bonds. The molecular formula is C20H28N2O4. The van der Waals surface area contributed by atoms with E-state index in [0.717, 1.165) is 16.5 Å². The summed E-state index contributed by atoms with van der Waals surface area (Å²) < 4.78 is 16.5. The second-order valence-corrected chi connectivity index (χ2v) is 7.60. The third-order valence-corrected chi connectivity index (χ3v) is 4.68. The van der Waals surface area contributed by atoms with Gasteiger partial charge in [-0.2, -0.15) is 0 Å². The summed E-state index contributed by atoms with van der Waals surface area (Å²) in [4.78, 5) is 15.4. The van der Waals surface area contributed by atoms with E-state index >= 15 is 0 Å². The Bertz CT molecular complexity index is 730. The number of H-pyrrole nitrogens is 1. The van der Waals surface area contributed by atoms with Crippen molar-refractivity contribution in [3.05, 3.63) is 36.0 Å². The average Bonchev–Trinajstić information content (AvgIpc) is 3.04. The normalized spacial score (nSPS) is 18.7. The number of rotatable bonds is 7. The molecule has 2 N–H and O–H groups in total. The second kappa shape index (κ2) is 8.20. The minimum Gasteiger partial charge on any atom is -0.468 e. The smallest absolute Gasteiger partial charge is 0.323 e. The molecule has 1 aliphatic rings. The molecule has 26 heavy (non-hydrogen) atoms. The molecule has 3 rings (SSSR count). The van der Waals surface area contributed by atoms with E-state index in [-0.39, 0.29) is 17.7 Å². The molecule has 0 bridgehead atoms. The fourth-order valence-corrected chi connectivity index (χ4v) is 3.17. The Morgan fingerprint density at radius 1 is 1.35 bits per heavy atom. The van der Waals surface area contributed by atoms with Gasteiger partial charge in [0.1, 0.15) is 6.04 Å². The Kier molecular flexibility index (Phi) is 5.96. The van der Waals surface area contributed by atoms with Crippen LogP contribution in [0.3, 0.4) is 0 Å². The Labute approximate surface area is 154 Å². The maximum absolute atomic E-state index is 12.2. The minimum atomic E-state index is -0.403. The van der Waals surface area contributed by atoms with Gasteiger partial charge in [-0.3, -0.25) is 4.79 Å². The first-order valence-electron chi connectivity index (χ1n) is 9.08. The molecule has 1 fully saturated rings. The van der Waals surface area contributed by atoms with Crippen molar-refractivity contribution in [3.63, 3.8) is 0 Å². The van der Waals surface area contributed by atoms with E-state index in [4.69, 9.17) is 14.2 Å². The van der Waals surface area contributed by atoms with Crippen LogP contribution in [-0.4, -0.2) is 50.2 Å². The number of methoxy groups -OCH3 is 1. The van der Waals surface area contributed by atoms with Gasteiger partial charge in [0.2, 0.25) is 0 Å². The Hall–Kier alpha value is -1.89. The van der Waals surface area contributed by atoms with Gasteiger partial charge in [0, 0.05) is 41.9 Å². The number of carbonyl (C=O) groups is 1. The Morgan fingerprint density at radius 2 is 2.08 bits per heavy atom. The highest BCUT2D eigenvalue weighted by Gasteiger charge is 2.28. The average molecular weight is 360 g/mol. The molecule has 2 aromatic rings. The van der Waals surface area contributed by atoms with Gasteiger partial charge in [-0.25, -0.2) is 0 Å². The molecular weight excluding hydrogens is 332 g/mol. The number of esters is 1. The molecule has 142 valence electrons. The van der Waals surface area contributed by atoms with Crippen LogP contribution in [0.25, 0.3) is 10.9 Å². The lowest BCUT2D eigenvalue weighted by atomic mass is 9.95. The number of aromatic amines is 1. The number of aromatic nitrogens is 1. The Morgan fingerprint density at radius 3 is 2.81 bits per heavy atom. The number of carbonyl (C=O) groups excluding carboxylic acids is 1. The maximum Gasteiger partial charge on any atom is 0.323 e. The highest BCUT2D eigenvalue weighted by Crippen LogP contribution is 2.24. The lowest BCUT2D eigenvalue weighted by Gasteiger charge is -2.34. The van der Waals surface area contributed by atoms with Gasteiger partial charge in [-0.1, -0.05) is 32.0 Å². The van der Waals surface area contributed by atoms with Crippen molar-refractivity contribution in [3.8, 4) is 0 Å². The summed E-state index contributed by atoms with van der Waals surface area (Å²) in [5.41, 5.74) is 2.22. The van der Waals surface area contributed by atoms with Gasteiger partial charge in [0.05, 0.1) is 20.3 Å². The van der Waals surface area contributed by atoms with Crippen LogP contribution in [-0.2, 0) is 25.4 Å². The van der Waals surface area contributed by atoms with Crippen molar-refractivity contribution in [2.75, 3.05) is 26.9 Å². The highest BCUT2D eigenvalue weighted by atomic mass is 16.7. The van der Waals surface area contributed by atoms with E-state index in [2.05, 4.69) is 30.2 Å². The van der Waals surface area contributed by atoms with Crippen molar-refractivity contribution < 1.29 is 19.0 Å². The predicted octanol–water partition coefficient (Wildman–Crippen LogP) is 2.63. The summed E-state index contributed by atoms with van der Waals surface area (Å²) in [5, 5.41) is 4.42. The number of nitrogens with one attached hydrogen (secondary N) is 2. The second-order valence-electron chi connectivity index (χ2n) is 7.60. The zero-order chi connectivity index (χ0) is 18.6. The quantitative estimate of drug-likeness (QED) is 0.743. The molecule has 1 aromatic carbocycles. The number of ether oxygens (including phenoxy) is 3. The minimum absolute atomic E-state index is 0.0633. The monoisotopic (exact) mass is 360 g/mol. The number of benzene rings is 1. The summed E-state index contributed by atoms with van der Waals surface area (Å²) >= 11 is 0. The topological polar surface area (TPSA) is 72.6 Å². The van der Waals surface area contributed by atoms with E-state index in [1.54, 1.807) is 0 Å². The van der Waals surface area contributed by atoms with Crippen LogP contribution >= 0.6 is 0 Å². The van der Waals surface area contributed by atoms with Gasteiger partial charge in [0.25, 0.3) is 0 Å². The van der Waals surface area contributed by atoms with Crippen molar-refractivity contribution in [1.29, 1.82) is 0 Å². The summed E-state index contributed by atoms with van der Waals surface area (Å²) in [6.45, 7) is 6.24. The lowest BCUT2D eigenvalue weighted by Crippen LogP contribution is -2.43. The van der Waals surface area contributed by atoms with Gasteiger partial charge in [-0.15, -0.1) is 0 Å². The van der Waals surface area contributed by atoms with Crippen molar-refractivity contribution in [1.82, 2.24) is 10.3 Å². The van der Waals surface area contributed by atoms with Crippen LogP contribution in [0.5, 0.6) is 0 Å². The SMILES string of the molecule is COC(=O)C(Cc1c[nH]c2ccccc12)NCCC1OCC(C)(C)CO1. The third kappa shape index (κ3) is 4.63. The molecule has 1 saturated heterocycles. The third-order valence-electron chi connectivity index (χ3n) is 4.68. The molecule has 1 unspecified atom stereocenters. The predicted molar refractivity (Wildman–Crippen MR) is 99.9 cm³/mol. The molecule has 6 nitrogen and oxygen atoms in total. The summed E-state index contributed by atoms with van der Waals surface area (Å²) in [6, 6.07) is 7.67. The van der Waals surface area contributed by atoms with Crippen LogP contribution in [0.15, 0.2) is 30.5 Å². The van der Waals surface area contributed by atoms with E-state index < -0.39 is 6.04 Å². The van der Waals surface area contributed by atoms with Gasteiger partial charge in [-0.05, 0) is 11.6 Å². The first-order chi connectivity index (χ1) is 12.5. The number of para-hydroxylation sites is 1. The first kappa shape index (κ1) is 18.9. The molecule has 1 atom stereocenters. The van der Waals surface area contributed by atoms with Crippen molar-refractivity contribution in [2.45, 2.75) is 39.0 Å². The fraction of sp³-hybridized carbons (Fsp3) is 0.550. The molecule has 1 aliphatic heterocycles. The molecule has 2 heterocycles. The fourth-order valence-electron chi connectivity index (χ4n) is 3.17. The number of hydrogen-bond acceptors (Lipinski definition) is 5. The van der Waals surface area contributed by atoms with Crippen LogP contribution in [0.2, 0.25) is 0 Å². The maximum atomic E-state index is 12.2. The van der Waals surface area contributed by atoms with Crippen molar-refractivity contribution in [2.24, 2.45) is 5.41 Å². The first-order valence-corrected chi connectivity index (χ1v) is 9.08. The van der Waals surface area contributed by atoms with Gasteiger partial charge in [0.15, 0.2) is 6.29 Å². The zero-order valence-corrected chi connectivity index (χ0v) is 15.7. The molecule has 6 heteroatoms. The van der Waals surface area contributed by atoms with Gasteiger partial charge < -0.3 is 24.5 Å². The molecule has 0 radical (unpaired) electrons. The summed E-state index contributed by atoms with van der Waals surface area (Å²) in [5.74, 6) is -0.262. The number of fused-ring (bicyclic) bond motifs is 1. The van der Waals surface area contributed by atoms with E-state index in [1.165, 1.54) is 7.11 Å². The zero-order valence-electron chi connectivity index (χ0n) is 15.7. The van der Waals surface area contributed by atoms with Crippen LogP contribution in [0.4, 0.5) is 0 Å². The van der Waals surface area contributed by atoms with E-state index in [9.17, 15) is 4.79 Å². The highest BCUT2D eigenvalue weighted by molar-refractivity contribution is 5.84. The largest absolute Gasteiger partial charge is 0.468 e. The van der Waals surface area contributed by atoms with E-state index in [0.29, 0.717) is 32.6 Å². The van der Waals surface area contributed by atoms with Crippen LogP contribution < -0.4 is 5.32 Å². The summed E-state index contributed by atoms with van der Waals surface area (Å²) in [7, 11) is 1.42. The van der Waals surface area contributed by atoms with Crippen molar-refractivity contribution >= 4 is 16.9 Å². The number of hydrogen-bond donors (Lipinski definition) is 2. The summed E-state index contributed by atoms with van der Waals surface area (Å²) in [6.07, 6.45) is 2.99. The Balaban J connectivity index is 1.56. The molecule has 0 spiro atoms. The van der Waals surface area contributed by atoms with Crippen LogP contribution in [0, 0.1) is 5.41 Å². The lowest BCUT2D eigenvalue weighted by molar-refractivity contribution is -0.223. The molecule has 0 aliphatic carbocycles. The van der Waals surface area contributed by atoms with Crippen LogP contribution in [0.1, 0.15) is 25.8 Å². The standard InChI is InChI=1S/C20H28N2O4/c1-20(2)12-25-18(26-13-20)8-9-21-17(19(23)24-3)10-14-11-22-16-7-5-4-6-15(14)16/h4-7,11,17-18,21-22H,8-10,12-13H2,1-3H3. The molecule has 0 saturated carbocycles. The van der Waals surface area contributed by atoms with E-state index in [1.807, 2.05) is 24.4 Å².